The Hall–Kier alpha value is -1.63. The third-order valence-corrected chi connectivity index (χ3v) is 6.72. The van der Waals surface area contributed by atoms with Crippen LogP contribution in [0.15, 0.2) is 0 Å². The molecular formula is C20H33N5O2. The van der Waals surface area contributed by atoms with Crippen molar-refractivity contribution in [1.29, 1.82) is 0 Å². The summed E-state index contributed by atoms with van der Waals surface area (Å²) < 4.78 is 7.90. The monoisotopic (exact) mass is 375 g/mol. The highest BCUT2D eigenvalue weighted by molar-refractivity contribution is 5.76. The van der Waals surface area contributed by atoms with E-state index in [9.17, 15) is 4.79 Å². The lowest BCUT2D eigenvalue weighted by molar-refractivity contribution is -0.121. The Kier molecular flexibility index (Phi) is 5.39. The van der Waals surface area contributed by atoms with Crippen LogP contribution in [0.5, 0.6) is 0 Å². The summed E-state index contributed by atoms with van der Waals surface area (Å²) >= 11 is 0. The predicted molar refractivity (Wildman–Crippen MR) is 104 cm³/mol. The summed E-state index contributed by atoms with van der Waals surface area (Å²) in [5.74, 6) is 2.66. The summed E-state index contributed by atoms with van der Waals surface area (Å²) in [6.07, 6.45) is 7.39. The summed E-state index contributed by atoms with van der Waals surface area (Å²) in [5, 5.41) is 12.2. The van der Waals surface area contributed by atoms with Gasteiger partial charge in [-0.1, -0.05) is 13.3 Å². The van der Waals surface area contributed by atoms with Crippen molar-refractivity contribution < 1.29 is 9.53 Å². The second-order valence-electron chi connectivity index (χ2n) is 8.74. The molecule has 0 radical (unpaired) electrons. The molecule has 150 valence electrons. The van der Waals surface area contributed by atoms with Crippen molar-refractivity contribution in [3.8, 4) is 0 Å². The van der Waals surface area contributed by atoms with Crippen molar-refractivity contribution in [2.45, 2.75) is 77.3 Å². The van der Waals surface area contributed by atoms with Crippen LogP contribution in [0.25, 0.3) is 0 Å². The standard InChI is InChI=1S/C20H33N5O2/c1-3-15(2)21-17(26)7-10-25-18(16-5-4-6-16)22-23-19(25)24-11-8-20(13-24)9-12-27-14-20/h15-16H,3-14H2,1-2H3,(H,21,26). The lowest BCUT2D eigenvalue weighted by atomic mass is 9.85. The molecule has 7 heteroatoms. The molecule has 3 heterocycles. The van der Waals surface area contributed by atoms with E-state index < -0.39 is 0 Å². The third-order valence-electron chi connectivity index (χ3n) is 6.72. The van der Waals surface area contributed by atoms with Crippen LogP contribution in [-0.4, -0.2) is 53.0 Å². The van der Waals surface area contributed by atoms with Crippen molar-refractivity contribution >= 4 is 11.9 Å². The average Bonchev–Trinajstić information content (AvgIpc) is 3.33. The SMILES string of the molecule is CCC(C)NC(=O)CCn1c(C2CCC2)nnc1N1CCC2(CCOC2)C1. The topological polar surface area (TPSA) is 72.3 Å². The average molecular weight is 376 g/mol. The summed E-state index contributed by atoms with van der Waals surface area (Å²) in [7, 11) is 0. The molecule has 1 amide bonds. The van der Waals surface area contributed by atoms with Crippen molar-refractivity contribution in [3.05, 3.63) is 5.82 Å². The molecular weight excluding hydrogens is 342 g/mol. The van der Waals surface area contributed by atoms with Gasteiger partial charge in [-0.2, -0.15) is 0 Å². The maximum absolute atomic E-state index is 12.3. The third kappa shape index (κ3) is 3.84. The molecule has 2 unspecified atom stereocenters. The van der Waals surface area contributed by atoms with Gasteiger partial charge in [0.05, 0.1) is 6.61 Å². The molecule has 1 aromatic rings. The van der Waals surface area contributed by atoms with Gasteiger partial charge in [0.1, 0.15) is 5.82 Å². The summed E-state index contributed by atoms with van der Waals surface area (Å²) in [5.41, 5.74) is 0.293. The van der Waals surface area contributed by atoms with Crippen molar-refractivity contribution in [2.75, 3.05) is 31.2 Å². The Bertz CT molecular complexity index is 663. The maximum Gasteiger partial charge on any atom is 0.227 e. The number of carbonyl (C=O) groups excluding carboxylic acids is 1. The molecule has 1 spiro atoms. The Morgan fingerprint density at radius 1 is 1.37 bits per heavy atom. The molecule has 2 aliphatic heterocycles. The highest BCUT2D eigenvalue weighted by Gasteiger charge is 2.43. The van der Waals surface area contributed by atoms with Crippen LogP contribution >= 0.6 is 0 Å². The van der Waals surface area contributed by atoms with Gasteiger partial charge in [-0.05, 0) is 39.0 Å². The van der Waals surface area contributed by atoms with Gasteiger partial charge in [0, 0.05) is 50.0 Å². The zero-order valence-corrected chi connectivity index (χ0v) is 16.7. The summed E-state index contributed by atoms with van der Waals surface area (Å²) in [4.78, 5) is 14.7. The molecule has 27 heavy (non-hydrogen) atoms. The van der Waals surface area contributed by atoms with E-state index in [0.717, 1.165) is 57.3 Å². The van der Waals surface area contributed by atoms with Crippen LogP contribution in [0.1, 0.15) is 70.5 Å². The first-order chi connectivity index (χ1) is 13.1. The molecule has 2 saturated heterocycles. The molecule has 1 aromatic heterocycles. The van der Waals surface area contributed by atoms with Crippen LogP contribution in [-0.2, 0) is 16.1 Å². The number of nitrogens with zero attached hydrogens (tertiary/aromatic N) is 4. The number of anilines is 1. The number of hydrogen-bond donors (Lipinski definition) is 1. The van der Waals surface area contributed by atoms with E-state index in [1.54, 1.807) is 0 Å². The Morgan fingerprint density at radius 2 is 2.22 bits per heavy atom. The van der Waals surface area contributed by atoms with Crippen molar-refractivity contribution in [3.63, 3.8) is 0 Å². The van der Waals surface area contributed by atoms with E-state index in [0.29, 0.717) is 24.3 Å². The Balaban J connectivity index is 1.48. The molecule has 2 atom stereocenters. The number of hydrogen-bond acceptors (Lipinski definition) is 5. The van der Waals surface area contributed by atoms with Gasteiger partial charge in [0.25, 0.3) is 0 Å². The number of rotatable bonds is 7. The molecule has 4 rings (SSSR count). The van der Waals surface area contributed by atoms with E-state index in [2.05, 4.69) is 38.8 Å². The zero-order valence-electron chi connectivity index (χ0n) is 16.7. The van der Waals surface area contributed by atoms with Gasteiger partial charge >= 0.3 is 0 Å². The minimum Gasteiger partial charge on any atom is -0.381 e. The number of amides is 1. The smallest absolute Gasteiger partial charge is 0.227 e. The second-order valence-corrected chi connectivity index (χ2v) is 8.74. The highest BCUT2D eigenvalue weighted by atomic mass is 16.5. The number of ether oxygens (including phenoxy) is 1. The first kappa shape index (κ1) is 18.7. The van der Waals surface area contributed by atoms with Crippen LogP contribution < -0.4 is 10.2 Å². The second kappa shape index (κ2) is 7.78. The van der Waals surface area contributed by atoms with E-state index >= 15 is 0 Å². The largest absolute Gasteiger partial charge is 0.381 e. The number of carbonyl (C=O) groups is 1. The fourth-order valence-corrected chi connectivity index (χ4v) is 4.46. The lowest BCUT2D eigenvalue weighted by Crippen LogP contribution is -2.33. The van der Waals surface area contributed by atoms with Gasteiger partial charge in [0.2, 0.25) is 11.9 Å². The molecule has 1 saturated carbocycles. The van der Waals surface area contributed by atoms with Crippen LogP contribution in [0.3, 0.4) is 0 Å². The fraction of sp³-hybridized carbons (Fsp3) is 0.850. The quantitative estimate of drug-likeness (QED) is 0.793. The van der Waals surface area contributed by atoms with E-state index in [1.807, 2.05) is 0 Å². The maximum atomic E-state index is 12.3. The normalized spacial score (nSPS) is 26.5. The zero-order chi connectivity index (χ0) is 18.9. The van der Waals surface area contributed by atoms with E-state index in [4.69, 9.17) is 4.74 Å². The summed E-state index contributed by atoms with van der Waals surface area (Å²) in [6.45, 7) is 8.55. The molecule has 0 bridgehead atoms. The molecule has 3 aliphatic rings. The van der Waals surface area contributed by atoms with E-state index in [-0.39, 0.29) is 11.9 Å². The number of aromatic nitrogens is 3. The van der Waals surface area contributed by atoms with Gasteiger partial charge < -0.3 is 15.0 Å². The fourth-order valence-electron chi connectivity index (χ4n) is 4.46. The summed E-state index contributed by atoms with van der Waals surface area (Å²) in [6, 6.07) is 0.227. The van der Waals surface area contributed by atoms with Gasteiger partial charge in [-0.25, -0.2) is 0 Å². The predicted octanol–water partition coefficient (Wildman–Crippen LogP) is 2.47. The van der Waals surface area contributed by atoms with Crippen molar-refractivity contribution in [1.82, 2.24) is 20.1 Å². The van der Waals surface area contributed by atoms with Gasteiger partial charge in [0.15, 0.2) is 0 Å². The van der Waals surface area contributed by atoms with Gasteiger partial charge in [-0.15, -0.1) is 10.2 Å². The van der Waals surface area contributed by atoms with Gasteiger partial charge in [-0.3, -0.25) is 9.36 Å². The van der Waals surface area contributed by atoms with Crippen LogP contribution in [0.2, 0.25) is 0 Å². The molecule has 0 aromatic carbocycles. The molecule has 1 aliphatic carbocycles. The lowest BCUT2D eigenvalue weighted by Gasteiger charge is -2.27. The molecule has 7 nitrogen and oxygen atoms in total. The van der Waals surface area contributed by atoms with Crippen molar-refractivity contribution in [2.24, 2.45) is 5.41 Å². The molecule has 3 fully saturated rings. The van der Waals surface area contributed by atoms with Crippen LogP contribution in [0.4, 0.5) is 5.95 Å². The first-order valence-corrected chi connectivity index (χ1v) is 10.7. The van der Waals surface area contributed by atoms with E-state index in [1.165, 1.54) is 19.3 Å². The Labute approximate surface area is 161 Å². The molecule has 1 N–H and O–H groups in total. The first-order valence-electron chi connectivity index (χ1n) is 10.7. The number of nitrogens with one attached hydrogen (secondary N) is 1. The minimum atomic E-state index is 0.116. The minimum absolute atomic E-state index is 0.116. The Morgan fingerprint density at radius 3 is 2.89 bits per heavy atom. The van der Waals surface area contributed by atoms with Crippen LogP contribution in [0, 0.1) is 5.41 Å². The highest BCUT2D eigenvalue weighted by Crippen LogP contribution is 2.41.